The van der Waals surface area contributed by atoms with E-state index < -0.39 is 0 Å². The summed E-state index contributed by atoms with van der Waals surface area (Å²) in [4.78, 5) is 17.3. The Kier molecular flexibility index (Phi) is 8.65. The Morgan fingerprint density at radius 3 is 2.83 bits per heavy atom. The minimum Gasteiger partial charge on any atom is -0.383 e. The third kappa shape index (κ3) is 7.21. The Balaban J connectivity index is 1.57. The summed E-state index contributed by atoms with van der Waals surface area (Å²) in [5.41, 5.74) is 0.696. The molecule has 160 valence electrons. The molecule has 1 aromatic carbocycles. The van der Waals surface area contributed by atoms with Gasteiger partial charge in [-0.05, 0) is 68.5 Å². The van der Waals surface area contributed by atoms with Crippen LogP contribution in [0.3, 0.4) is 0 Å². The summed E-state index contributed by atoms with van der Waals surface area (Å²) in [6.45, 7) is 6.01. The number of rotatable bonds is 9. The zero-order valence-electron chi connectivity index (χ0n) is 17.4. The van der Waals surface area contributed by atoms with Gasteiger partial charge in [0.15, 0.2) is 0 Å². The fourth-order valence-electron chi connectivity index (χ4n) is 4.10. The minimum atomic E-state index is -0.295. The Morgan fingerprint density at radius 1 is 1.31 bits per heavy atom. The van der Waals surface area contributed by atoms with Gasteiger partial charge in [0.25, 0.3) is 0 Å². The highest BCUT2D eigenvalue weighted by atomic mass is 19.1. The quantitative estimate of drug-likeness (QED) is 0.593. The van der Waals surface area contributed by atoms with Gasteiger partial charge >= 0.3 is 0 Å². The molecule has 6 heteroatoms. The summed E-state index contributed by atoms with van der Waals surface area (Å²) in [5.74, 6) is 0.185. The predicted molar refractivity (Wildman–Crippen MR) is 112 cm³/mol. The van der Waals surface area contributed by atoms with Gasteiger partial charge in [0, 0.05) is 39.4 Å². The van der Waals surface area contributed by atoms with Crippen LogP contribution < -0.4 is 0 Å². The monoisotopic (exact) mass is 404 g/mol. The maximum Gasteiger partial charge on any atom is 0.246 e. The average molecular weight is 405 g/mol. The summed E-state index contributed by atoms with van der Waals surface area (Å²) in [5, 5.41) is 0. The van der Waals surface area contributed by atoms with Gasteiger partial charge in [0.1, 0.15) is 5.82 Å². The molecule has 2 aliphatic heterocycles. The van der Waals surface area contributed by atoms with Crippen LogP contribution in [0.1, 0.15) is 31.2 Å². The third-order valence-electron chi connectivity index (χ3n) is 5.82. The number of hydrogen-bond acceptors (Lipinski definition) is 4. The van der Waals surface area contributed by atoms with Crippen molar-refractivity contribution in [2.45, 2.75) is 31.8 Å². The van der Waals surface area contributed by atoms with Gasteiger partial charge in [-0.3, -0.25) is 4.79 Å². The highest BCUT2D eigenvalue weighted by molar-refractivity contribution is 5.91. The Morgan fingerprint density at radius 2 is 2.14 bits per heavy atom. The molecular weight excluding hydrogens is 371 g/mol. The molecule has 3 rings (SSSR count). The van der Waals surface area contributed by atoms with Crippen molar-refractivity contribution in [3.8, 4) is 0 Å². The van der Waals surface area contributed by atoms with E-state index in [1.807, 2.05) is 4.90 Å². The number of ether oxygens (including phenoxy) is 2. The second kappa shape index (κ2) is 11.4. The Labute approximate surface area is 173 Å². The number of benzene rings is 1. The number of likely N-dealkylation sites (tertiary alicyclic amines) is 1. The molecule has 2 aliphatic rings. The number of hydrogen-bond donors (Lipinski definition) is 0. The summed E-state index contributed by atoms with van der Waals surface area (Å²) in [6.07, 6.45) is 7.64. The molecule has 2 heterocycles. The molecule has 1 aromatic rings. The first-order chi connectivity index (χ1) is 14.1. The van der Waals surface area contributed by atoms with Gasteiger partial charge in [-0.25, -0.2) is 4.39 Å². The third-order valence-corrected chi connectivity index (χ3v) is 5.82. The molecule has 1 amide bonds. The molecule has 1 unspecified atom stereocenters. The normalized spacial score (nSPS) is 21.1. The maximum absolute atomic E-state index is 13.4. The van der Waals surface area contributed by atoms with E-state index in [2.05, 4.69) is 4.90 Å². The van der Waals surface area contributed by atoms with Gasteiger partial charge in [0.05, 0.1) is 12.7 Å². The van der Waals surface area contributed by atoms with Crippen LogP contribution in [0, 0.1) is 11.7 Å². The van der Waals surface area contributed by atoms with E-state index in [9.17, 15) is 9.18 Å². The summed E-state index contributed by atoms with van der Waals surface area (Å²) >= 11 is 0. The molecular formula is C23H33FN2O3. The van der Waals surface area contributed by atoms with Crippen molar-refractivity contribution in [2.75, 3.05) is 53.0 Å². The predicted octanol–water partition coefficient (Wildman–Crippen LogP) is 3.20. The molecule has 0 aliphatic carbocycles. The number of carbonyl (C=O) groups excluding carboxylic acids is 1. The van der Waals surface area contributed by atoms with Crippen molar-refractivity contribution in [1.29, 1.82) is 0 Å². The lowest BCUT2D eigenvalue weighted by molar-refractivity contribution is -0.128. The highest BCUT2D eigenvalue weighted by Crippen LogP contribution is 2.21. The SMILES string of the molecule is COCCN1CCC(CN(CC2CCCO2)C(=O)/C=C/c2cccc(F)c2)CC1. The van der Waals surface area contributed by atoms with Crippen molar-refractivity contribution >= 4 is 12.0 Å². The molecule has 29 heavy (non-hydrogen) atoms. The fourth-order valence-corrected chi connectivity index (χ4v) is 4.10. The van der Waals surface area contributed by atoms with Gasteiger partial charge < -0.3 is 19.3 Å². The first-order valence-corrected chi connectivity index (χ1v) is 10.7. The zero-order chi connectivity index (χ0) is 20.5. The smallest absolute Gasteiger partial charge is 0.246 e. The second-order valence-corrected chi connectivity index (χ2v) is 8.04. The van der Waals surface area contributed by atoms with E-state index in [-0.39, 0.29) is 17.8 Å². The van der Waals surface area contributed by atoms with E-state index in [1.54, 1.807) is 31.4 Å². The van der Waals surface area contributed by atoms with E-state index in [0.717, 1.165) is 65.1 Å². The van der Waals surface area contributed by atoms with Gasteiger partial charge in [-0.2, -0.15) is 0 Å². The molecule has 0 saturated carbocycles. The lowest BCUT2D eigenvalue weighted by atomic mass is 9.96. The van der Waals surface area contributed by atoms with Crippen LogP contribution in [-0.4, -0.2) is 74.9 Å². The molecule has 0 radical (unpaired) electrons. The molecule has 5 nitrogen and oxygen atoms in total. The molecule has 1 atom stereocenters. The van der Waals surface area contributed by atoms with Gasteiger partial charge in [-0.1, -0.05) is 12.1 Å². The number of halogens is 1. The topological polar surface area (TPSA) is 42.0 Å². The summed E-state index contributed by atoms with van der Waals surface area (Å²) in [6, 6.07) is 6.29. The van der Waals surface area contributed by atoms with Crippen LogP contribution in [0.5, 0.6) is 0 Å². The number of piperidine rings is 1. The molecule has 0 spiro atoms. The maximum atomic E-state index is 13.4. The standard InChI is InChI=1S/C23H33FN2O3/c1-28-15-13-25-11-9-20(10-12-25)17-26(18-22-6-3-14-29-22)23(27)8-7-19-4-2-5-21(24)16-19/h2,4-5,7-8,16,20,22H,3,6,9-15,17-18H2,1H3/b8-7+. The van der Waals surface area contributed by atoms with Crippen LogP contribution in [-0.2, 0) is 14.3 Å². The first kappa shape index (κ1) is 21.9. The van der Waals surface area contributed by atoms with Crippen LogP contribution in [0.15, 0.2) is 30.3 Å². The van der Waals surface area contributed by atoms with Crippen molar-refractivity contribution in [1.82, 2.24) is 9.80 Å². The largest absolute Gasteiger partial charge is 0.383 e. The second-order valence-electron chi connectivity index (χ2n) is 8.04. The molecule has 0 aromatic heterocycles. The number of amides is 1. The first-order valence-electron chi connectivity index (χ1n) is 10.7. The lowest BCUT2D eigenvalue weighted by Crippen LogP contribution is -2.43. The van der Waals surface area contributed by atoms with Crippen LogP contribution in [0.2, 0.25) is 0 Å². The van der Waals surface area contributed by atoms with Gasteiger partial charge in [-0.15, -0.1) is 0 Å². The zero-order valence-corrected chi connectivity index (χ0v) is 17.4. The lowest BCUT2D eigenvalue weighted by Gasteiger charge is -2.35. The molecule has 0 bridgehead atoms. The van der Waals surface area contributed by atoms with Crippen LogP contribution in [0.25, 0.3) is 6.08 Å². The van der Waals surface area contributed by atoms with Crippen molar-refractivity contribution < 1.29 is 18.7 Å². The highest BCUT2D eigenvalue weighted by Gasteiger charge is 2.26. The summed E-state index contributed by atoms with van der Waals surface area (Å²) in [7, 11) is 1.73. The van der Waals surface area contributed by atoms with Crippen LogP contribution >= 0.6 is 0 Å². The number of carbonyl (C=O) groups is 1. The van der Waals surface area contributed by atoms with Crippen molar-refractivity contribution in [2.24, 2.45) is 5.92 Å². The molecule has 2 saturated heterocycles. The Hall–Kier alpha value is -1.76. The summed E-state index contributed by atoms with van der Waals surface area (Å²) < 4.78 is 24.3. The van der Waals surface area contributed by atoms with E-state index in [1.165, 1.54) is 12.1 Å². The van der Waals surface area contributed by atoms with Crippen LogP contribution in [0.4, 0.5) is 4.39 Å². The number of methoxy groups -OCH3 is 1. The van der Waals surface area contributed by atoms with Crippen molar-refractivity contribution in [3.05, 3.63) is 41.7 Å². The number of nitrogens with zero attached hydrogens (tertiary/aromatic N) is 2. The van der Waals surface area contributed by atoms with Crippen molar-refractivity contribution in [3.63, 3.8) is 0 Å². The van der Waals surface area contributed by atoms with E-state index in [0.29, 0.717) is 18.0 Å². The Bertz CT molecular complexity index is 668. The van der Waals surface area contributed by atoms with E-state index in [4.69, 9.17) is 9.47 Å². The minimum absolute atomic E-state index is 0.0217. The fraction of sp³-hybridized carbons (Fsp3) is 0.609. The van der Waals surface area contributed by atoms with E-state index >= 15 is 0 Å². The van der Waals surface area contributed by atoms with Gasteiger partial charge in [0.2, 0.25) is 5.91 Å². The molecule has 2 fully saturated rings. The average Bonchev–Trinajstić information content (AvgIpc) is 3.24. The molecule has 0 N–H and O–H groups in total.